The maximum atomic E-state index is 11.1. The van der Waals surface area contributed by atoms with Gasteiger partial charge in [0.05, 0.1) is 19.0 Å². The van der Waals surface area contributed by atoms with Crippen LogP contribution in [0.2, 0.25) is 0 Å². The fourth-order valence-electron chi connectivity index (χ4n) is 1.51. The third-order valence-electron chi connectivity index (χ3n) is 2.28. The number of hydrogen-bond acceptors (Lipinski definition) is 6. The molecule has 3 N–H and O–H groups in total. The van der Waals surface area contributed by atoms with Crippen LogP contribution in [0.5, 0.6) is 5.88 Å². The molecule has 0 saturated carbocycles. The normalized spacial score (nSPS) is 12.2. The van der Waals surface area contributed by atoms with E-state index in [0.717, 1.165) is 0 Å². The lowest BCUT2D eigenvalue weighted by Crippen LogP contribution is -2.31. The van der Waals surface area contributed by atoms with E-state index < -0.39 is 12.0 Å². The number of rotatable bonds is 8. The molecule has 19 heavy (non-hydrogen) atoms. The van der Waals surface area contributed by atoms with Crippen LogP contribution in [0.25, 0.3) is 0 Å². The Balaban J connectivity index is 2.70. The van der Waals surface area contributed by atoms with Gasteiger partial charge >= 0.3 is 5.97 Å². The van der Waals surface area contributed by atoms with Crippen molar-refractivity contribution in [3.63, 3.8) is 0 Å². The topological polar surface area (TPSA) is 105 Å². The molecule has 0 amide bonds. The average molecular weight is 269 g/mol. The van der Waals surface area contributed by atoms with Crippen molar-refractivity contribution in [1.29, 1.82) is 0 Å². The van der Waals surface area contributed by atoms with E-state index in [2.05, 4.69) is 15.3 Å². The molecular formula is C12H19N3O4. The van der Waals surface area contributed by atoms with Gasteiger partial charge in [0.25, 0.3) is 0 Å². The van der Waals surface area contributed by atoms with Gasteiger partial charge in [-0.05, 0) is 12.3 Å². The number of hydrogen-bond donors (Lipinski definition) is 3. The average Bonchev–Trinajstić information content (AvgIpc) is 2.35. The maximum absolute atomic E-state index is 11.1. The number of ether oxygens (including phenoxy) is 1. The SMILES string of the molecule is CC(C)C[C@H](Nc1cncc(OCCO)n1)C(=O)O. The molecule has 106 valence electrons. The number of aromatic nitrogens is 2. The number of carbonyl (C=O) groups is 1. The molecule has 1 atom stereocenters. The Hall–Kier alpha value is -1.89. The number of anilines is 1. The molecule has 0 unspecified atom stereocenters. The first-order chi connectivity index (χ1) is 9.02. The van der Waals surface area contributed by atoms with Crippen LogP contribution >= 0.6 is 0 Å². The molecule has 7 heteroatoms. The zero-order chi connectivity index (χ0) is 14.3. The molecule has 0 aliphatic heterocycles. The number of aliphatic hydroxyl groups excluding tert-OH is 1. The van der Waals surface area contributed by atoms with Crippen LogP contribution in [0.3, 0.4) is 0 Å². The van der Waals surface area contributed by atoms with E-state index in [4.69, 9.17) is 14.9 Å². The Morgan fingerprint density at radius 2 is 2.21 bits per heavy atom. The molecule has 0 bridgehead atoms. The van der Waals surface area contributed by atoms with E-state index in [-0.39, 0.29) is 25.0 Å². The molecule has 1 aromatic rings. The lowest BCUT2D eigenvalue weighted by Gasteiger charge is -2.17. The first-order valence-electron chi connectivity index (χ1n) is 6.08. The Labute approximate surface area is 111 Å². The molecule has 0 fully saturated rings. The zero-order valence-corrected chi connectivity index (χ0v) is 11.0. The van der Waals surface area contributed by atoms with Crippen LogP contribution < -0.4 is 10.1 Å². The molecule has 0 spiro atoms. The summed E-state index contributed by atoms with van der Waals surface area (Å²) >= 11 is 0. The molecule has 1 rings (SSSR count). The summed E-state index contributed by atoms with van der Waals surface area (Å²) in [5.41, 5.74) is 0. The van der Waals surface area contributed by atoms with Crippen LogP contribution in [-0.2, 0) is 4.79 Å². The minimum Gasteiger partial charge on any atom is -0.480 e. The van der Waals surface area contributed by atoms with Crippen LogP contribution in [-0.4, -0.2) is 45.4 Å². The van der Waals surface area contributed by atoms with Crippen molar-refractivity contribution in [2.75, 3.05) is 18.5 Å². The first kappa shape index (κ1) is 15.2. The quantitative estimate of drug-likeness (QED) is 0.639. The predicted molar refractivity (Wildman–Crippen MR) is 69.1 cm³/mol. The Bertz CT molecular complexity index is 412. The van der Waals surface area contributed by atoms with Crippen LogP contribution in [0.15, 0.2) is 12.4 Å². The zero-order valence-electron chi connectivity index (χ0n) is 11.0. The van der Waals surface area contributed by atoms with Gasteiger partial charge in [-0.1, -0.05) is 13.8 Å². The standard InChI is InChI=1S/C12H19N3O4/c1-8(2)5-9(12(17)18)14-10-6-13-7-11(15-10)19-4-3-16/h6-9,16H,3-5H2,1-2H3,(H,14,15)(H,17,18)/t9-/m0/s1. The van der Waals surface area contributed by atoms with Gasteiger partial charge < -0.3 is 20.3 Å². The van der Waals surface area contributed by atoms with Gasteiger partial charge in [0, 0.05) is 0 Å². The fraction of sp³-hybridized carbons (Fsp3) is 0.583. The van der Waals surface area contributed by atoms with Crippen LogP contribution in [0.1, 0.15) is 20.3 Å². The van der Waals surface area contributed by atoms with Crippen LogP contribution in [0.4, 0.5) is 5.82 Å². The van der Waals surface area contributed by atoms with E-state index in [1.807, 2.05) is 13.8 Å². The fourth-order valence-corrected chi connectivity index (χ4v) is 1.51. The molecule has 0 radical (unpaired) electrons. The summed E-state index contributed by atoms with van der Waals surface area (Å²) in [6.07, 6.45) is 3.32. The van der Waals surface area contributed by atoms with Gasteiger partial charge in [0.1, 0.15) is 18.5 Å². The molecule has 7 nitrogen and oxygen atoms in total. The third kappa shape index (κ3) is 5.52. The number of aliphatic carboxylic acids is 1. The summed E-state index contributed by atoms with van der Waals surface area (Å²) < 4.78 is 5.11. The molecule has 0 aliphatic carbocycles. The number of carboxylic acid groups (broad SMARTS) is 1. The van der Waals surface area contributed by atoms with Crippen molar-refractivity contribution < 1.29 is 19.7 Å². The monoisotopic (exact) mass is 269 g/mol. The summed E-state index contributed by atoms with van der Waals surface area (Å²) in [6, 6.07) is -0.720. The van der Waals surface area contributed by atoms with Crippen molar-refractivity contribution in [2.45, 2.75) is 26.3 Å². The summed E-state index contributed by atoms with van der Waals surface area (Å²) in [7, 11) is 0. The Morgan fingerprint density at radius 1 is 1.47 bits per heavy atom. The van der Waals surface area contributed by atoms with E-state index in [1.165, 1.54) is 12.4 Å². The van der Waals surface area contributed by atoms with Crippen molar-refractivity contribution >= 4 is 11.8 Å². The third-order valence-corrected chi connectivity index (χ3v) is 2.28. The summed E-state index contributed by atoms with van der Waals surface area (Å²) in [5, 5.41) is 20.6. The largest absolute Gasteiger partial charge is 0.480 e. The second kappa shape index (κ2) is 7.52. The van der Waals surface area contributed by atoms with Gasteiger partial charge in [-0.25, -0.2) is 4.79 Å². The molecule has 0 aliphatic rings. The van der Waals surface area contributed by atoms with Crippen molar-refractivity contribution in [2.24, 2.45) is 5.92 Å². The van der Waals surface area contributed by atoms with Crippen molar-refractivity contribution in [3.05, 3.63) is 12.4 Å². The number of nitrogens with one attached hydrogen (secondary N) is 1. The van der Waals surface area contributed by atoms with Crippen molar-refractivity contribution in [1.82, 2.24) is 9.97 Å². The van der Waals surface area contributed by atoms with E-state index in [9.17, 15) is 4.79 Å². The lowest BCUT2D eigenvalue weighted by atomic mass is 10.0. The summed E-state index contributed by atoms with van der Waals surface area (Å²) in [4.78, 5) is 19.1. The lowest BCUT2D eigenvalue weighted by molar-refractivity contribution is -0.138. The van der Waals surface area contributed by atoms with Gasteiger partial charge in [0.2, 0.25) is 5.88 Å². The molecular weight excluding hydrogens is 250 g/mol. The minimum absolute atomic E-state index is 0.118. The maximum Gasteiger partial charge on any atom is 0.326 e. The highest BCUT2D eigenvalue weighted by Gasteiger charge is 2.19. The van der Waals surface area contributed by atoms with Gasteiger partial charge in [-0.15, -0.1) is 0 Å². The number of aliphatic hydroxyl groups is 1. The Morgan fingerprint density at radius 3 is 2.79 bits per heavy atom. The molecule has 0 aromatic carbocycles. The summed E-state index contributed by atoms with van der Waals surface area (Å²) in [6.45, 7) is 3.89. The second-order valence-corrected chi connectivity index (χ2v) is 4.48. The highest BCUT2D eigenvalue weighted by atomic mass is 16.5. The predicted octanol–water partition coefficient (Wildman–Crippen LogP) is 0.759. The van der Waals surface area contributed by atoms with Gasteiger partial charge in [-0.2, -0.15) is 4.98 Å². The minimum atomic E-state index is -0.933. The van der Waals surface area contributed by atoms with Gasteiger partial charge in [-0.3, -0.25) is 4.98 Å². The molecule has 0 saturated heterocycles. The van der Waals surface area contributed by atoms with Crippen LogP contribution in [0, 0.1) is 5.92 Å². The molecule has 1 aromatic heterocycles. The van der Waals surface area contributed by atoms with Crippen molar-refractivity contribution in [3.8, 4) is 5.88 Å². The van der Waals surface area contributed by atoms with E-state index in [0.29, 0.717) is 12.2 Å². The smallest absolute Gasteiger partial charge is 0.326 e. The van der Waals surface area contributed by atoms with E-state index >= 15 is 0 Å². The second-order valence-electron chi connectivity index (χ2n) is 4.48. The number of nitrogens with zero attached hydrogens (tertiary/aromatic N) is 2. The van der Waals surface area contributed by atoms with E-state index in [1.54, 1.807) is 0 Å². The van der Waals surface area contributed by atoms with Gasteiger partial charge in [0.15, 0.2) is 0 Å². The highest BCUT2D eigenvalue weighted by molar-refractivity contribution is 5.76. The number of carboxylic acids is 1. The Kier molecular flexibility index (Phi) is 6.01. The summed E-state index contributed by atoms with van der Waals surface area (Å²) in [5.74, 6) is -0.108. The molecule has 1 heterocycles. The first-order valence-corrected chi connectivity index (χ1v) is 6.08. The highest BCUT2D eigenvalue weighted by Crippen LogP contribution is 2.13.